The van der Waals surface area contributed by atoms with Crippen molar-refractivity contribution in [3.8, 4) is 0 Å². The second-order valence-corrected chi connectivity index (χ2v) is 13.5. The summed E-state index contributed by atoms with van der Waals surface area (Å²) < 4.78 is 20.8. The van der Waals surface area contributed by atoms with Gasteiger partial charge in [-0.05, 0) is 62.7 Å². The van der Waals surface area contributed by atoms with Crippen LogP contribution in [0, 0.1) is 11.8 Å². The second-order valence-electron chi connectivity index (χ2n) is 12.5. The van der Waals surface area contributed by atoms with E-state index in [2.05, 4.69) is 33.2 Å². The van der Waals surface area contributed by atoms with E-state index >= 15 is 4.39 Å². The van der Waals surface area contributed by atoms with E-state index in [0.717, 1.165) is 48.7 Å². The van der Waals surface area contributed by atoms with Gasteiger partial charge in [0.1, 0.15) is 24.7 Å². The highest BCUT2D eigenvalue weighted by Gasteiger charge is 2.52. The summed E-state index contributed by atoms with van der Waals surface area (Å²) in [4.78, 5) is 50.6. The fraction of sp³-hybridized carbons (Fsp3) is 0.613. The number of benzene rings is 1. The molecule has 4 aliphatic rings. The minimum absolute atomic E-state index is 0.0000770. The molecule has 0 aromatic heterocycles. The molecule has 0 saturated carbocycles. The summed E-state index contributed by atoms with van der Waals surface area (Å²) in [5, 5.41) is 3.66. The van der Waals surface area contributed by atoms with E-state index in [0.29, 0.717) is 24.1 Å². The molecular formula is C31H42FN5O4S. The molecule has 0 radical (unpaired) electrons. The van der Waals surface area contributed by atoms with Gasteiger partial charge in [0.2, 0.25) is 5.91 Å². The minimum atomic E-state index is -1.19. The number of nitrogens with zero attached hydrogens (tertiary/aromatic N) is 4. The van der Waals surface area contributed by atoms with E-state index in [4.69, 9.17) is 4.74 Å². The highest BCUT2D eigenvalue weighted by Crippen LogP contribution is 2.40. The number of fused-ring (bicyclic) bond motifs is 1. The molecule has 4 aliphatic heterocycles. The monoisotopic (exact) mass is 599 g/mol. The maximum absolute atomic E-state index is 15.0. The molecule has 4 heterocycles. The molecule has 1 N–H and O–H groups in total. The number of nitrogens with one attached hydrogen (secondary N) is 1. The zero-order valence-corrected chi connectivity index (χ0v) is 25.9. The maximum Gasteiger partial charge on any atom is 0.251 e. The number of Topliss-reactive ketones (excluding diaryl/α,β-unsaturated/α-hetero) is 1. The smallest absolute Gasteiger partial charge is 0.251 e. The average molecular weight is 600 g/mol. The predicted octanol–water partition coefficient (Wildman–Crippen LogP) is 3.28. The van der Waals surface area contributed by atoms with E-state index in [1.54, 1.807) is 29.2 Å². The standard InChI is InChI=1S/C31H42FN5O4S/c1-18(2)14-22-16-37(26-24(38)17-41-27(22)26)30(40)23(15-19(3)4)33-29(39)21-8-6-20(7-9-21)25-28(32)42-31(34-25)36-12-10-35(5)11-13-36/h6-9,14,19,22-23,25-28H,10-13,15-17H2,1-5H3,(H,33,39)/t22-,23+,25?,26?,27?,28?/m1/s1. The molecule has 42 heavy (non-hydrogen) atoms. The van der Waals surface area contributed by atoms with Gasteiger partial charge in [-0.3, -0.25) is 19.4 Å². The molecule has 2 amide bonds. The third-order valence-corrected chi connectivity index (χ3v) is 9.43. The Balaban J connectivity index is 1.27. The Hall–Kier alpha value is -2.76. The van der Waals surface area contributed by atoms with Gasteiger partial charge in [-0.25, -0.2) is 4.39 Å². The van der Waals surface area contributed by atoms with E-state index < -0.39 is 23.6 Å². The number of amidine groups is 1. The van der Waals surface area contributed by atoms with E-state index in [1.165, 1.54) is 0 Å². The number of amides is 2. The number of allylic oxidation sites excluding steroid dienone is 1. The van der Waals surface area contributed by atoms with Crippen LogP contribution in [0.3, 0.4) is 0 Å². The average Bonchev–Trinajstić information content (AvgIpc) is 3.63. The Morgan fingerprint density at radius 2 is 1.86 bits per heavy atom. The molecule has 3 saturated heterocycles. The Labute approximate surface area is 251 Å². The Kier molecular flexibility index (Phi) is 9.39. The zero-order chi connectivity index (χ0) is 30.1. The molecule has 0 spiro atoms. The molecule has 9 nitrogen and oxygen atoms in total. The van der Waals surface area contributed by atoms with Gasteiger partial charge in [-0.1, -0.05) is 37.6 Å². The first-order valence-corrected chi connectivity index (χ1v) is 15.7. The normalized spacial score (nSPS) is 28.6. The topological polar surface area (TPSA) is 94.5 Å². The highest BCUT2D eigenvalue weighted by molar-refractivity contribution is 8.14. The van der Waals surface area contributed by atoms with Crippen molar-refractivity contribution in [1.29, 1.82) is 0 Å². The number of carbonyl (C=O) groups is 3. The summed E-state index contributed by atoms with van der Waals surface area (Å²) in [7, 11) is 2.08. The lowest BCUT2D eigenvalue weighted by atomic mass is 9.99. The van der Waals surface area contributed by atoms with Crippen LogP contribution in [-0.4, -0.2) is 108 Å². The maximum atomic E-state index is 15.0. The number of likely N-dealkylation sites (tertiary alicyclic amines) is 1. The molecule has 0 bridgehead atoms. The number of alkyl halides is 1. The summed E-state index contributed by atoms with van der Waals surface area (Å²) in [5.74, 6) is -0.673. The van der Waals surface area contributed by atoms with Gasteiger partial charge in [0.25, 0.3) is 5.91 Å². The van der Waals surface area contributed by atoms with Crippen LogP contribution in [0.15, 0.2) is 40.9 Å². The van der Waals surface area contributed by atoms with Crippen LogP contribution in [0.2, 0.25) is 0 Å². The van der Waals surface area contributed by atoms with Crippen LogP contribution < -0.4 is 5.32 Å². The summed E-state index contributed by atoms with van der Waals surface area (Å²) in [6.07, 6.45) is 2.14. The first-order chi connectivity index (χ1) is 20.0. The van der Waals surface area contributed by atoms with Crippen LogP contribution in [0.1, 0.15) is 56.1 Å². The molecule has 4 unspecified atom stereocenters. The van der Waals surface area contributed by atoms with Crippen LogP contribution in [0.5, 0.6) is 0 Å². The Bertz CT molecular complexity index is 1240. The molecular weight excluding hydrogens is 557 g/mol. The van der Waals surface area contributed by atoms with Crippen LogP contribution in [0.25, 0.3) is 0 Å². The highest BCUT2D eigenvalue weighted by atomic mass is 32.2. The van der Waals surface area contributed by atoms with Gasteiger partial charge >= 0.3 is 0 Å². The SMILES string of the molecule is CC(C)=C[C@@H]1CN(C(=O)[C@H](CC(C)C)NC(=O)c2ccc(C3N=C(N4CCN(C)CC4)SC3F)cc2)C2C(=O)COC21. The summed E-state index contributed by atoms with van der Waals surface area (Å²) in [6.45, 7) is 11.8. The number of hydrogen-bond donors (Lipinski definition) is 1. The van der Waals surface area contributed by atoms with Crippen molar-refractivity contribution in [1.82, 2.24) is 20.0 Å². The number of carbonyl (C=O) groups excluding carboxylic acids is 3. The number of ketones is 1. The summed E-state index contributed by atoms with van der Waals surface area (Å²) in [5.41, 5.74) is 1.00. The predicted molar refractivity (Wildman–Crippen MR) is 162 cm³/mol. The fourth-order valence-corrected chi connectivity index (χ4v) is 7.27. The number of halogens is 1. The van der Waals surface area contributed by atoms with Crippen molar-refractivity contribution in [2.24, 2.45) is 16.8 Å². The van der Waals surface area contributed by atoms with Crippen molar-refractivity contribution in [3.63, 3.8) is 0 Å². The number of likely N-dealkylation sites (N-methyl/N-ethyl adjacent to an activating group) is 1. The number of rotatable bonds is 7. The Morgan fingerprint density at radius 3 is 2.50 bits per heavy atom. The first kappa shape index (κ1) is 30.7. The van der Waals surface area contributed by atoms with Crippen molar-refractivity contribution in [2.75, 3.05) is 46.4 Å². The fourth-order valence-electron chi connectivity index (χ4n) is 6.21. The summed E-state index contributed by atoms with van der Waals surface area (Å²) in [6, 6.07) is 4.77. The number of hydrogen-bond acceptors (Lipinski definition) is 8. The third kappa shape index (κ3) is 6.58. The lowest BCUT2D eigenvalue weighted by molar-refractivity contribution is -0.138. The van der Waals surface area contributed by atoms with E-state index in [-0.39, 0.29) is 42.1 Å². The van der Waals surface area contributed by atoms with E-state index in [1.807, 2.05) is 27.7 Å². The van der Waals surface area contributed by atoms with Gasteiger partial charge < -0.3 is 24.8 Å². The number of ether oxygens (including phenoxy) is 1. The third-order valence-electron chi connectivity index (χ3n) is 8.37. The second kappa shape index (κ2) is 12.9. The molecule has 6 atom stereocenters. The quantitative estimate of drug-likeness (QED) is 0.481. The van der Waals surface area contributed by atoms with Gasteiger partial charge in [-0.15, -0.1) is 0 Å². The van der Waals surface area contributed by atoms with Crippen molar-refractivity contribution in [3.05, 3.63) is 47.0 Å². The van der Waals surface area contributed by atoms with Crippen LogP contribution >= 0.6 is 11.8 Å². The minimum Gasteiger partial charge on any atom is -0.367 e. The van der Waals surface area contributed by atoms with Gasteiger partial charge in [-0.2, -0.15) is 0 Å². The van der Waals surface area contributed by atoms with Crippen LogP contribution in [0.4, 0.5) is 4.39 Å². The lowest BCUT2D eigenvalue weighted by Crippen LogP contribution is -2.52. The molecule has 3 fully saturated rings. The van der Waals surface area contributed by atoms with Gasteiger partial charge in [0.05, 0.1) is 6.10 Å². The molecule has 1 aromatic rings. The molecule has 1 aromatic carbocycles. The Morgan fingerprint density at radius 1 is 1.17 bits per heavy atom. The molecule has 5 rings (SSSR count). The van der Waals surface area contributed by atoms with E-state index in [9.17, 15) is 14.4 Å². The van der Waals surface area contributed by atoms with Crippen molar-refractivity contribution >= 4 is 34.5 Å². The van der Waals surface area contributed by atoms with Gasteiger partial charge in [0, 0.05) is 44.2 Å². The first-order valence-electron chi connectivity index (χ1n) is 14.8. The lowest BCUT2D eigenvalue weighted by Gasteiger charge is -2.33. The molecule has 0 aliphatic carbocycles. The van der Waals surface area contributed by atoms with Crippen LogP contribution in [-0.2, 0) is 14.3 Å². The molecule has 228 valence electrons. The number of thioether (sulfide) groups is 1. The number of piperazine rings is 1. The van der Waals surface area contributed by atoms with Gasteiger partial charge in [0.15, 0.2) is 16.5 Å². The summed E-state index contributed by atoms with van der Waals surface area (Å²) >= 11 is 1.16. The largest absolute Gasteiger partial charge is 0.367 e. The number of aliphatic imine (C=N–C) groups is 1. The van der Waals surface area contributed by atoms with Crippen molar-refractivity contribution in [2.45, 2.75) is 63.8 Å². The molecule has 11 heteroatoms. The zero-order valence-electron chi connectivity index (χ0n) is 25.1. The van der Waals surface area contributed by atoms with Crippen molar-refractivity contribution < 1.29 is 23.5 Å².